The maximum atomic E-state index is 2.60. The third-order valence-corrected chi connectivity index (χ3v) is 17.1. The van der Waals surface area contributed by atoms with Crippen LogP contribution in [0.5, 0.6) is 0 Å². The van der Waals surface area contributed by atoms with Crippen molar-refractivity contribution in [2.75, 3.05) is 0 Å². The molecule has 0 aliphatic heterocycles. The summed E-state index contributed by atoms with van der Waals surface area (Å²) in [6.07, 6.45) is 4.82. The van der Waals surface area contributed by atoms with Crippen LogP contribution < -0.4 is 0 Å². The molecule has 1 unspecified atom stereocenters. The molecular weight excluding hydrogens is 479 g/mol. The number of allylic oxidation sites excluding steroid dienone is 6. The molecule has 0 amide bonds. The van der Waals surface area contributed by atoms with E-state index < -0.39 is 22.9 Å². The van der Waals surface area contributed by atoms with Gasteiger partial charge in [0.25, 0.3) is 0 Å². The van der Waals surface area contributed by atoms with E-state index in [1.165, 1.54) is 17.6 Å². The van der Waals surface area contributed by atoms with Crippen molar-refractivity contribution in [2.24, 2.45) is 10.8 Å². The molecule has 1 atom stereocenters. The summed E-state index contributed by atoms with van der Waals surface area (Å²) in [5.41, 5.74) is 13.5. The Kier molecular flexibility index (Phi) is 4.24. The van der Waals surface area contributed by atoms with E-state index in [2.05, 4.69) is 73.6 Å². The molecule has 3 aliphatic rings. The van der Waals surface area contributed by atoms with E-state index in [1.54, 1.807) is 33.4 Å². The van der Waals surface area contributed by atoms with Crippen LogP contribution in [0.25, 0.3) is 5.57 Å². The Hall–Kier alpha value is -0.690. The average molecular weight is 511 g/mol. The van der Waals surface area contributed by atoms with E-state index in [4.69, 9.17) is 0 Å². The molecule has 1 aromatic carbocycles. The van der Waals surface area contributed by atoms with Crippen LogP contribution in [0.15, 0.2) is 38.3 Å². The minimum absolute atomic E-state index is 0.294. The summed E-state index contributed by atoms with van der Waals surface area (Å²) in [4.78, 5) is 0. The van der Waals surface area contributed by atoms with E-state index in [0.29, 0.717) is 10.8 Å². The third kappa shape index (κ3) is 2.56. The van der Waals surface area contributed by atoms with Crippen molar-refractivity contribution in [3.63, 3.8) is 0 Å². The zero-order chi connectivity index (χ0) is 19.0. The Bertz CT molecular complexity index is 902. The molecule has 0 spiro atoms. The predicted octanol–water partition coefficient (Wildman–Crippen LogP) is 7.00. The van der Waals surface area contributed by atoms with Crippen LogP contribution in [-0.4, -0.2) is 0 Å². The van der Waals surface area contributed by atoms with Gasteiger partial charge in [-0.1, -0.05) is 0 Å². The fourth-order valence-electron chi connectivity index (χ4n) is 5.36. The predicted molar refractivity (Wildman–Crippen MR) is 109 cm³/mol. The van der Waals surface area contributed by atoms with Crippen molar-refractivity contribution in [1.29, 1.82) is 0 Å². The quantitative estimate of drug-likeness (QED) is 0.376. The van der Waals surface area contributed by atoms with Gasteiger partial charge in [-0.25, -0.2) is 0 Å². The number of hydrogen-bond acceptors (Lipinski definition) is 0. The Morgan fingerprint density at radius 1 is 0.923 bits per heavy atom. The Morgan fingerprint density at radius 2 is 1.62 bits per heavy atom. The molecule has 0 nitrogen and oxygen atoms in total. The SMILES string of the molecule is CC1=CCc2cc3c(cc21)[CH]([Hf][C]1=C(C)C(C)=C(C)C1(C)C)C(C)(C)C3. The van der Waals surface area contributed by atoms with E-state index in [0.717, 1.165) is 10.1 Å². The van der Waals surface area contributed by atoms with E-state index in [9.17, 15) is 0 Å². The summed E-state index contributed by atoms with van der Waals surface area (Å²) in [5.74, 6) is 0. The van der Waals surface area contributed by atoms with Gasteiger partial charge in [0.05, 0.1) is 0 Å². The molecule has 1 heteroatoms. The van der Waals surface area contributed by atoms with Crippen molar-refractivity contribution >= 4 is 5.57 Å². The molecule has 0 saturated heterocycles. The number of hydrogen-bond donors (Lipinski definition) is 0. The number of rotatable bonds is 2. The van der Waals surface area contributed by atoms with Gasteiger partial charge in [-0.2, -0.15) is 0 Å². The van der Waals surface area contributed by atoms with E-state index in [-0.39, 0.29) is 0 Å². The molecule has 0 fully saturated rings. The Morgan fingerprint density at radius 3 is 2.23 bits per heavy atom. The first-order valence-corrected chi connectivity index (χ1v) is 13.9. The van der Waals surface area contributed by atoms with Crippen LogP contribution in [-0.2, 0) is 35.7 Å². The zero-order valence-corrected chi connectivity index (χ0v) is 21.3. The van der Waals surface area contributed by atoms with Crippen molar-refractivity contribution in [3.8, 4) is 0 Å². The summed E-state index contributed by atoms with van der Waals surface area (Å²) < 4.78 is 2.69. The first-order chi connectivity index (χ1) is 12.0. The van der Waals surface area contributed by atoms with Crippen LogP contribution >= 0.6 is 0 Å². The Labute approximate surface area is 171 Å². The maximum absolute atomic E-state index is 2.60. The molecule has 3 aliphatic carbocycles. The minimum atomic E-state index is -1.01. The molecule has 136 valence electrons. The number of benzene rings is 1. The molecule has 0 saturated carbocycles. The number of fused-ring (bicyclic) bond motifs is 2. The summed E-state index contributed by atoms with van der Waals surface area (Å²) in [6.45, 7) is 19.4. The molecule has 0 radical (unpaired) electrons. The average Bonchev–Trinajstić information content (AvgIpc) is 3.08. The van der Waals surface area contributed by atoms with Crippen molar-refractivity contribution < 1.29 is 22.9 Å². The van der Waals surface area contributed by atoms with Crippen molar-refractivity contribution in [2.45, 2.75) is 71.9 Å². The zero-order valence-electron chi connectivity index (χ0n) is 17.7. The van der Waals surface area contributed by atoms with Crippen LogP contribution in [0.1, 0.15) is 81.3 Å². The van der Waals surface area contributed by atoms with Crippen LogP contribution in [0.3, 0.4) is 0 Å². The van der Waals surface area contributed by atoms with Crippen LogP contribution in [0, 0.1) is 10.8 Å². The van der Waals surface area contributed by atoms with Gasteiger partial charge in [-0.15, -0.1) is 0 Å². The van der Waals surface area contributed by atoms with Gasteiger partial charge in [0.2, 0.25) is 0 Å². The third-order valence-electron chi connectivity index (χ3n) is 7.51. The summed E-state index contributed by atoms with van der Waals surface area (Å²) >= 11 is -1.01. The van der Waals surface area contributed by atoms with Gasteiger partial charge in [0.1, 0.15) is 0 Å². The van der Waals surface area contributed by atoms with Gasteiger partial charge < -0.3 is 0 Å². The van der Waals surface area contributed by atoms with Gasteiger partial charge >= 0.3 is 172 Å². The first kappa shape index (κ1) is 18.7. The first-order valence-electron chi connectivity index (χ1n) is 10.0. The Balaban J connectivity index is 1.77. The molecular formula is C25H32Hf. The summed E-state index contributed by atoms with van der Waals surface area (Å²) in [7, 11) is 0. The second-order valence-electron chi connectivity index (χ2n) is 9.92. The van der Waals surface area contributed by atoms with Crippen LogP contribution in [0.4, 0.5) is 0 Å². The topological polar surface area (TPSA) is 0 Å². The second kappa shape index (κ2) is 5.90. The summed E-state index contributed by atoms with van der Waals surface area (Å²) in [5, 5.41) is 0. The molecule has 0 N–H and O–H groups in total. The fourth-order valence-corrected chi connectivity index (χ4v) is 13.1. The molecule has 0 bridgehead atoms. The van der Waals surface area contributed by atoms with Gasteiger partial charge in [0.15, 0.2) is 0 Å². The second-order valence-corrected chi connectivity index (χ2v) is 14.8. The van der Waals surface area contributed by atoms with Gasteiger partial charge in [0, 0.05) is 0 Å². The van der Waals surface area contributed by atoms with E-state index >= 15 is 0 Å². The van der Waals surface area contributed by atoms with Gasteiger partial charge in [-0.3, -0.25) is 0 Å². The molecule has 26 heavy (non-hydrogen) atoms. The van der Waals surface area contributed by atoms with Gasteiger partial charge in [-0.05, 0) is 0 Å². The standard InChI is InChI=1S/C15H17.C10H15.Hf/c1-10-4-5-11-6-12-8-15(2,3)9-13(12)7-14(10)11;1-7-6-10(4,5)9(3)8(7)2;/h4,6-7,9H,5,8H2,1-3H3;1-5H3;. The van der Waals surface area contributed by atoms with Crippen molar-refractivity contribution in [3.05, 3.63) is 60.5 Å². The van der Waals surface area contributed by atoms with Crippen molar-refractivity contribution in [1.82, 2.24) is 0 Å². The summed E-state index contributed by atoms with van der Waals surface area (Å²) in [6, 6.07) is 5.15. The molecule has 0 aromatic heterocycles. The van der Waals surface area contributed by atoms with E-state index in [1.807, 2.05) is 3.33 Å². The van der Waals surface area contributed by atoms with Crippen LogP contribution in [0.2, 0.25) is 0 Å². The molecule has 0 heterocycles. The monoisotopic (exact) mass is 512 g/mol. The fraction of sp³-hybridized carbons (Fsp3) is 0.520. The normalized spacial score (nSPS) is 25.5. The molecule has 1 aromatic rings. The molecule has 4 rings (SSSR count).